The predicted molar refractivity (Wildman–Crippen MR) is 564 cm³/mol. The summed E-state index contributed by atoms with van der Waals surface area (Å²) in [6.07, 6.45) is 13.0. The molecule has 21 aromatic rings. The molecule has 9 aromatic carbocycles. The lowest BCUT2D eigenvalue weighted by atomic mass is 10.1. The SMILES string of the molecule is CCCCOC(=O)c1cc2c3ccccc3n(Cc3cc(Cl)ccc3Cl)c2cn1.CCCOC(=O)c1cc2c3ccccc3n(Cc3cc(Cl)ccc3Cl)c2cn1.CCOC(=O)c1cc2c3ccccc3n(Cc3cnc(Cl)c(Cl)c3)c2cn1.COCCOC(=O)c1cc2c3ccccc3n(Cc3cc(Cl)ccc3Cl)c2cn1.Cc1noc(-c2cc3c4ccccc4n(Cc4cc(Cl)ccc4Cl)c3cn2)n1. The third-order valence-electron chi connectivity index (χ3n) is 23.4. The minimum absolute atomic E-state index is 0.185. The van der Waals surface area contributed by atoms with E-state index in [4.69, 9.17) is 144 Å². The molecule has 0 saturated heterocycles. The molecule has 0 spiro atoms. The molecule has 0 unspecified atom stereocenters. The van der Waals surface area contributed by atoms with Crippen molar-refractivity contribution in [2.75, 3.05) is 40.1 Å². The lowest BCUT2D eigenvalue weighted by Gasteiger charge is -2.10. The zero-order chi connectivity index (χ0) is 98.6. The first kappa shape index (κ1) is 99.3. The quantitative estimate of drug-likeness (QED) is 0.0236. The van der Waals surface area contributed by atoms with Crippen LogP contribution in [0.5, 0.6) is 0 Å². The molecule has 12 aromatic heterocycles. The Morgan fingerprint density at radius 1 is 0.312 bits per heavy atom. The number of esters is 4. The first-order chi connectivity index (χ1) is 68.4. The largest absolute Gasteiger partial charge is 0.461 e. The number of carbonyl (C=O) groups excluding carboxylic acids is 4. The molecule has 0 atom stereocenters. The Morgan fingerprint density at radius 2 is 0.638 bits per heavy atom. The molecule has 0 bridgehead atoms. The molecule has 0 aliphatic heterocycles. The molecule has 0 N–H and O–H groups in total. The van der Waals surface area contributed by atoms with Crippen molar-refractivity contribution in [3.63, 3.8) is 0 Å². The van der Waals surface area contributed by atoms with Gasteiger partial charge in [-0.15, -0.1) is 0 Å². The summed E-state index contributed by atoms with van der Waals surface area (Å²) >= 11 is 62.3. The van der Waals surface area contributed by atoms with Gasteiger partial charge in [0.15, 0.2) is 5.82 Å². The number of methoxy groups -OCH3 is 1. The van der Waals surface area contributed by atoms with Crippen LogP contribution in [0, 0.1) is 6.92 Å². The Morgan fingerprint density at radius 3 is 0.965 bits per heavy atom. The van der Waals surface area contributed by atoms with E-state index in [9.17, 15) is 19.2 Å². The molecule has 0 saturated carbocycles. The minimum Gasteiger partial charge on any atom is -0.461 e. The Labute approximate surface area is 858 Å². The van der Waals surface area contributed by atoms with E-state index >= 15 is 0 Å². The molecular formula is C108H85Cl10N13O10. The first-order valence-corrected chi connectivity index (χ1v) is 48.6. The number of para-hydroxylation sites is 5. The van der Waals surface area contributed by atoms with Gasteiger partial charge in [-0.1, -0.05) is 232 Å². The molecular weight excluding hydrogens is 1990 g/mol. The van der Waals surface area contributed by atoms with E-state index in [2.05, 4.69) is 81.9 Å². The molecule has 712 valence electrons. The number of carbonyl (C=O) groups is 4. The molecule has 0 radical (unpaired) electrons. The van der Waals surface area contributed by atoms with Crippen molar-refractivity contribution < 1.29 is 47.4 Å². The van der Waals surface area contributed by atoms with Crippen LogP contribution in [0.15, 0.2) is 272 Å². The number of pyridine rings is 6. The van der Waals surface area contributed by atoms with E-state index in [1.54, 1.807) is 119 Å². The molecule has 0 fully saturated rings. The maximum atomic E-state index is 12.4. The highest BCUT2D eigenvalue weighted by Crippen LogP contribution is 2.40. The van der Waals surface area contributed by atoms with Gasteiger partial charge in [-0.05, 0) is 194 Å². The Hall–Kier alpha value is -13.2. The summed E-state index contributed by atoms with van der Waals surface area (Å²) in [6.45, 7) is 12.0. The Kier molecular flexibility index (Phi) is 31.8. The molecule has 12 heterocycles. The number of nitrogens with zero attached hydrogens (tertiary/aromatic N) is 13. The van der Waals surface area contributed by atoms with Crippen LogP contribution in [0.2, 0.25) is 50.4 Å². The number of benzene rings is 9. The van der Waals surface area contributed by atoms with Crippen molar-refractivity contribution in [2.24, 2.45) is 0 Å². The maximum absolute atomic E-state index is 12.4. The van der Waals surface area contributed by atoms with Gasteiger partial charge in [0.25, 0.3) is 5.89 Å². The zero-order valence-corrected chi connectivity index (χ0v) is 83.8. The van der Waals surface area contributed by atoms with E-state index in [1.165, 1.54) is 0 Å². The zero-order valence-electron chi connectivity index (χ0n) is 76.3. The standard InChI is InChI=1S/C23H20Cl2N2O2.C22H18Cl2N2O3.C22H18Cl2N2O2.C21H14Cl2N4O.C20H15Cl2N3O2/c1-2-3-10-29-23(28)20-12-18-17-6-4-5-7-21(17)27(22(18)13-26-20)14-15-11-16(24)8-9-19(15)25;1-28-8-9-29-22(27)19-11-17-16-4-2-3-5-20(16)26(21(17)12-25-19)13-14-10-15(23)6-7-18(14)24;1-2-9-28-22(27)19-11-17-16-5-3-4-6-20(16)26(21(17)12-25-19)13-14-10-15(23)7-8-18(14)24;1-12-25-21(28-26-12)18-9-16-15-4-2-3-5-19(15)27(20(16)10-24-18)11-13-8-14(22)6-7-17(13)23;1-2-27-20(26)16-8-14-13-5-3-4-6-17(13)25(18(14)10-23-16)11-12-7-15(21)19(22)24-9-12/h4-9,11-13H,2-3,10,14H2,1H3;2-7,10-12H,8-9,13H2,1H3;3-8,10-12H,2,9,13H2,1H3;2-10H,11H2,1H3;3-10H,2,11H2,1H3. The van der Waals surface area contributed by atoms with Crippen molar-refractivity contribution in [3.05, 3.63) is 374 Å². The number of rotatable bonds is 24. The molecule has 0 amide bonds. The third kappa shape index (κ3) is 22.3. The third-order valence-corrected chi connectivity index (χ3v) is 26.5. The molecule has 21 rings (SSSR count). The molecule has 141 heavy (non-hydrogen) atoms. The summed E-state index contributed by atoms with van der Waals surface area (Å²) < 4.78 is 41.7. The van der Waals surface area contributed by atoms with Gasteiger partial charge in [0.1, 0.15) is 40.2 Å². The summed E-state index contributed by atoms with van der Waals surface area (Å²) in [6, 6.07) is 73.1. The van der Waals surface area contributed by atoms with Gasteiger partial charge >= 0.3 is 23.9 Å². The summed E-state index contributed by atoms with van der Waals surface area (Å²) in [5.41, 5.74) is 16.3. The van der Waals surface area contributed by atoms with E-state index < -0.39 is 23.9 Å². The van der Waals surface area contributed by atoms with E-state index in [-0.39, 0.29) is 17.5 Å². The van der Waals surface area contributed by atoms with E-state index in [0.29, 0.717) is 139 Å². The Balaban J connectivity index is 0.000000121. The number of aromatic nitrogens is 13. The van der Waals surface area contributed by atoms with Gasteiger partial charge in [0.05, 0.1) is 90.0 Å². The molecule has 0 aliphatic rings. The van der Waals surface area contributed by atoms with Crippen LogP contribution in [-0.4, -0.2) is 127 Å². The summed E-state index contributed by atoms with van der Waals surface area (Å²) in [5.74, 6) is -0.707. The van der Waals surface area contributed by atoms with Gasteiger partial charge in [0, 0.05) is 168 Å². The second-order valence-corrected chi connectivity index (χ2v) is 36.8. The lowest BCUT2D eigenvalue weighted by molar-refractivity contribution is 0.0380. The van der Waals surface area contributed by atoms with Crippen LogP contribution in [0.25, 0.3) is 121 Å². The molecule has 23 nitrogen and oxygen atoms in total. The fraction of sp³-hybridized carbons (Fsp3) is 0.167. The van der Waals surface area contributed by atoms with Crippen LogP contribution < -0.4 is 0 Å². The summed E-state index contributed by atoms with van der Waals surface area (Å²) in [4.78, 5) is 79.3. The first-order valence-electron chi connectivity index (χ1n) is 44.8. The number of halogens is 10. The predicted octanol–water partition coefficient (Wildman–Crippen LogP) is 29.0. The van der Waals surface area contributed by atoms with Gasteiger partial charge in [-0.2, -0.15) is 4.98 Å². The van der Waals surface area contributed by atoms with Crippen LogP contribution >= 0.6 is 116 Å². The monoisotopic (exact) mass is 2070 g/mol. The topological polar surface area (TPSA) is 255 Å². The van der Waals surface area contributed by atoms with Crippen LogP contribution in [0.1, 0.15) is 116 Å². The lowest BCUT2D eigenvalue weighted by Crippen LogP contribution is -2.11. The number of fused-ring (bicyclic) bond motifs is 15. The maximum Gasteiger partial charge on any atom is 0.357 e. The van der Waals surface area contributed by atoms with Crippen molar-refractivity contribution >= 4 is 249 Å². The van der Waals surface area contributed by atoms with E-state index in [1.807, 2.05) is 165 Å². The fourth-order valence-corrected chi connectivity index (χ4v) is 18.5. The fourth-order valence-electron chi connectivity index (χ4n) is 16.8. The highest BCUT2D eigenvalue weighted by molar-refractivity contribution is 6.41. The molecule has 0 aliphatic carbocycles. The van der Waals surface area contributed by atoms with Crippen molar-refractivity contribution in [3.8, 4) is 11.6 Å². The highest BCUT2D eigenvalue weighted by Gasteiger charge is 2.25. The van der Waals surface area contributed by atoms with Gasteiger partial charge in [-0.25, -0.2) is 49.1 Å². The highest BCUT2D eigenvalue weighted by atomic mass is 35.5. The number of aryl methyl sites for hydroxylation is 1. The minimum atomic E-state index is -0.473. The van der Waals surface area contributed by atoms with Crippen LogP contribution in [-0.2, 0) is 56.4 Å². The van der Waals surface area contributed by atoms with E-state index in [0.717, 1.165) is 156 Å². The number of unbranched alkanes of at least 4 members (excludes halogenated alkanes) is 1. The second kappa shape index (κ2) is 45.1. The van der Waals surface area contributed by atoms with Crippen molar-refractivity contribution in [1.29, 1.82) is 0 Å². The van der Waals surface area contributed by atoms with Gasteiger partial charge < -0.3 is 51.0 Å². The average Bonchev–Trinajstić information content (AvgIpc) is 1.59. The normalized spacial score (nSPS) is 11.3. The smallest absolute Gasteiger partial charge is 0.357 e. The van der Waals surface area contributed by atoms with Gasteiger partial charge in [0.2, 0.25) is 0 Å². The van der Waals surface area contributed by atoms with Crippen LogP contribution in [0.3, 0.4) is 0 Å². The van der Waals surface area contributed by atoms with Crippen molar-refractivity contribution in [1.82, 2.24) is 62.9 Å². The second-order valence-electron chi connectivity index (χ2n) is 32.6. The summed E-state index contributed by atoms with van der Waals surface area (Å²) in [7, 11) is 1.55. The number of hydrogen-bond acceptors (Lipinski definition) is 18. The van der Waals surface area contributed by atoms with Crippen molar-refractivity contribution in [2.45, 2.75) is 79.7 Å². The number of hydrogen-bond donors (Lipinski definition) is 0. The van der Waals surface area contributed by atoms with Gasteiger partial charge in [-0.3, -0.25) is 0 Å². The average molecular weight is 2080 g/mol. The number of ether oxygens (including phenoxy) is 5. The van der Waals surface area contributed by atoms with Crippen LogP contribution in [0.4, 0.5) is 0 Å². The Bertz CT molecular complexity index is 8130. The molecule has 33 heteroatoms. The summed E-state index contributed by atoms with van der Waals surface area (Å²) in [5, 5.41) is 19.9.